The molecule has 0 fully saturated rings. The molecule has 0 saturated heterocycles. The van der Waals surface area contributed by atoms with Crippen LogP contribution in [0.25, 0.3) is 0 Å². The lowest BCUT2D eigenvalue weighted by molar-refractivity contribution is -0.141. The Labute approximate surface area is 88.1 Å². The second kappa shape index (κ2) is 4.63. The lowest BCUT2D eigenvalue weighted by atomic mass is 10.4. The number of rotatable bonds is 3. The maximum Gasteiger partial charge on any atom is 0.433 e. The van der Waals surface area contributed by atoms with Crippen LogP contribution in [0.1, 0.15) is 5.69 Å². The normalized spacial score (nSPS) is 11.5. The minimum Gasteiger partial charge on any atom is -0.395 e. The summed E-state index contributed by atoms with van der Waals surface area (Å²) in [6, 6.07) is 0.724. The molecule has 4 nitrogen and oxygen atoms in total. The molecule has 1 aromatic rings. The molecule has 0 radical (unpaired) electrons. The van der Waals surface area contributed by atoms with Crippen molar-refractivity contribution in [1.29, 1.82) is 0 Å². The molecule has 0 unspecified atom stereocenters. The molecule has 0 atom stereocenters. The average molecular weight is 242 g/mol. The summed E-state index contributed by atoms with van der Waals surface area (Å²) in [6.45, 7) is -0.131. The number of alkyl halides is 3. The first kappa shape index (κ1) is 12.0. The summed E-state index contributed by atoms with van der Waals surface area (Å²) >= 11 is 5.31. The van der Waals surface area contributed by atoms with Crippen molar-refractivity contribution >= 4 is 17.4 Å². The van der Waals surface area contributed by atoms with Crippen LogP contribution in [0.5, 0.6) is 0 Å². The predicted molar refractivity (Wildman–Crippen MR) is 47.6 cm³/mol. The van der Waals surface area contributed by atoms with Gasteiger partial charge in [0.2, 0.25) is 5.28 Å². The van der Waals surface area contributed by atoms with Gasteiger partial charge in [-0.2, -0.15) is 13.2 Å². The minimum absolute atomic E-state index is 0.0728. The molecule has 0 amide bonds. The lowest BCUT2D eigenvalue weighted by Gasteiger charge is -2.08. The number of nitrogens with one attached hydrogen (secondary N) is 1. The monoisotopic (exact) mass is 241 g/mol. The third-order valence-corrected chi connectivity index (χ3v) is 1.58. The molecule has 0 spiro atoms. The molecular formula is C7H7ClF3N3O. The fourth-order valence-electron chi connectivity index (χ4n) is 0.838. The van der Waals surface area contributed by atoms with Gasteiger partial charge in [-0.1, -0.05) is 0 Å². The Balaban J connectivity index is 2.95. The number of aliphatic hydroxyl groups excluding tert-OH is 1. The highest BCUT2D eigenvalue weighted by Gasteiger charge is 2.33. The maximum atomic E-state index is 12.2. The van der Waals surface area contributed by atoms with E-state index in [0.29, 0.717) is 0 Å². The summed E-state index contributed by atoms with van der Waals surface area (Å²) in [4.78, 5) is 6.56. The van der Waals surface area contributed by atoms with E-state index >= 15 is 0 Å². The van der Waals surface area contributed by atoms with Crippen LogP contribution in [-0.2, 0) is 6.18 Å². The predicted octanol–water partition coefficient (Wildman–Crippen LogP) is 1.55. The van der Waals surface area contributed by atoms with E-state index < -0.39 is 17.2 Å². The van der Waals surface area contributed by atoms with Gasteiger partial charge in [0.05, 0.1) is 6.61 Å². The summed E-state index contributed by atoms with van der Waals surface area (Å²) in [6.07, 6.45) is -4.57. The largest absolute Gasteiger partial charge is 0.433 e. The molecule has 0 saturated carbocycles. The number of aromatic nitrogens is 2. The van der Waals surface area contributed by atoms with Crippen LogP contribution in [0, 0.1) is 0 Å². The summed E-state index contributed by atoms with van der Waals surface area (Å²) in [7, 11) is 0. The molecule has 0 aliphatic heterocycles. The quantitative estimate of drug-likeness (QED) is 0.789. The van der Waals surface area contributed by atoms with Gasteiger partial charge < -0.3 is 10.4 Å². The van der Waals surface area contributed by atoms with Crippen molar-refractivity contribution in [3.8, 4) is 0 Å². The SMILES string of the molecule is OCCNc1cc(C(F)(F)F)nc(Cl)n1. The van der Waals surface area contributed by atoms with Gasteiger partial charge in [0.1, 0.15) is 5.82 Å². The van der Waals surface area contributed by atoms with Crippen LogP contribution >= 0.6 is 11.6 Å². The topological polar surface area (TPSA) is 58.0 Å². The summed E-state index contributed by atoms with van der Waals surface area (Å²) < 4.78 is 36.7. The second-order valence-corrected chi connectivity index (χ2v) is 2.89. The average Bonchev–Trinajstić information content (AvgIpc) is 2.12. The second-order valence-electron chi connectivity index (χ2n) is 2.56. The number of halogens is 4. The molecule has 0 bridgehead atoms. The van der Waals surface area contributed by atoms with Gasteiger partial charge in [-0.3, -0.25) is 0 Å². The van der Waals surface area contributed by atoms with Crippen LogP contribution in [0.4, 0.5) is 19.0 Å². The fraction of sp³-hybridized carbons (Fsp3) is 0.429. The Morgan fingerprint density at radius 1 is 1.40 bits per heavy atom. The van der Waals surface area contributed by atoms with Gasteiger partial charge >= 0.3 is 6.18 Å². The van der Waals surface area contributed by atoms with Crippen LogP contribution in [0.2, 0.25) is 5.28 Å². The van der Waals surface area contributed by atoms with E-state index in [0.717, 1.165) is 6.07 Å². The number of hydrogen-bond acceptors (Lipinski definition) is 4. The minimum atomic E-state index is -4.57. The third-order valence-electron chi connectivity index (χ3n) is 1.41. The molecule has 0 aliphatic rings. The van der Waals surface area contributed by atoms with Gasteiger partial charge in [-0.15, -0.1) is 0 Å². The van der Waals surface area contributed by atoms with Crippen molar-refractivity contribution in [3.63, 3.8) is 0 Å². The number of nitrogens with zero attached hydrogens (tertiary/aromatic N) is 2. The maximum absolute atomic E-state index is 12.2. The number of hydrogen-bond donors (Lipinski definition) is 2. The molecule has 84 valence electrons. The van der Waals surface area contributed by atoms with Gasteiger partial charge in [0.15, 0.2) is 5.69 Å². The van der Waals surface area contributed by atoms with E-state index in [9.17, 15) is 13.2 Å². The van der Waals surface area contributed by atoms with Gasteiger partial charge in [0.25, 0.3) is 0 Å². The lowest BCUT2D eigenvalue weighted by Crippen LogP contribution is -2.12. The Kier molecular flexibility index (Phi) is 3.70. The summed E-state index contributed by atoms with van der Waals surface area (Å²) in [5, 5.41) is 10.4. The van der Waals surface area contributed by atoms with E-state index in [4.69, 9.17) is 16.7 Å². The summed E-state index contributed by atoms with van der Waals surface area (Å²) in [5.41, 5.74) is -1.12. The van der Waals surface area contributed by atoms with E-state index in [1.165, 1.54) is 0 Å². The molecular weight excluding hydrogens is 235 g/mol. The molecule has 1 rings (SSSR count). The Morgan fingerprint density at radius 3 is 2.60 bits per heavy atom. The zero-order chi connectivity index (χ0) is 11.5. The molecule has 0 aliphatic carbocycles. The highest BCUT2D eigenvalue weighted by Crippen LogP contribution is 2.29. The molecule has 0 aromatic carbocycles. The number of aliphatic hydroxyl groups is 1. The first-order chi connectivity index (χ1) is 6.93. The van der Waals surface area contributed by atoms with Crippen LogP contribution < -0.4 is 5.32 Å². The van der Waals surface area contributed by atoms with Crippen molar-refractivity contribution in [2.24, 2.45) is 0 Å². The van der Waals surface area contributed by atoms with Gasteiger partial charge in [-0.25, -0.2) is 9.97 Å². The Bertz CT molecular complexity index is 345. The van der Waals surface area contributed by atoms with Crippen molar-refractivity contribution < 1.29 is 18.3 Å². The fourth-order valence-corrected chi connectivity index (χ4v) is 1.02. The highest BCUT2D eigenvalue weighted by atomic mass is 35.5. The smallest absolute Gasteiger partial charge is 0.395 e. The molecule has 8 heteroatoms. The number of anilines is 1. The van der Waals surface area contributed by atoms with Crippen molar-refractivity contribution in [2.45, 2.75) is 6.18 Å². The Morgan fingerprint density at radius 2 is 2.07 bits per heavy atom. The first-order valence-corrected chi connectivity index (χ1v) is 4.28. The molecule has 1 aromatic heterocycles. The van der Waals surface area contributed by atoms with E-state index in [1.807, 2.05) is 0 Å². The van der Waals surface area contributed by atoms with E-state index in [1.54, 1.807) is 0 Å². The standard InChI is InChI=1S/C7H7ClF3N3O/c8-6-13-4(7(9,10)11)3-5(14-6)12-1-2-15/h3,15H,1-2H2,(H,12,13,14). The van der Waals surface area contributed by atoms with Crippen molar-refractivity contribution in [2.75, 3.05) is 18.5 Å². The first-order valence-electron chi connectivity index (χ1n) is 3.90. The highest BCUT2D eigenvalue weighted by molar-refractivity contribution is 6.28. The molecule has 1 heterocycles. The van der Waals surface area contributed by atoms with Gasteiger partial charge in [-0.05, 0) is 11.6 Å². The van der Waals surface area contributed by atoms with E-state index in [-0.39, 0.29) is 19.0 Å². The van der Waals surface area contributed by atoms with Crippen LogP contribution in [-0.4, -0.2) is 28.2 Å². The zero-order valence-electron chi connectivity index (χ0n) is 7.35. The molecule has 15 heavy (non-hydrogen) atoms. The van der Waals surface area contributed by atoms with Crippen molar-refractivity contribution in [1.82, 2.24) is 9.97 Å². The van der Waals surface area contributed by atoms with Crippen LogP contribution in [0.3, 0.4) is 0 Å². The van der Waals surface area contributed by atoms with Crippen LogP contribution in [0.15, 0.2) is 6.07 Å². The molecule has 2 N–H and O–H groups in total. The van der Waals surface area contributed by atoms with E-state index in [2.05, 4.69) is 15.3 Å². The van der Waals surface area contributed by atoms with Gasteiger partial charge in [0, 0.05) is 12.6 Å². The summed E-state index contributed by atoms with van der Waals surface area (Å²) in [5.74, 6) is -0.0728. The zero-order valence-corrected chi connectivity index (χ0v) is 8.10. The third kappa shape index (κ3) is 3.52. The Hall–Kier alpha value is -1.08. The van der Waals surface area contributed by atoms with Crippen molar-refractivity contribution in [3.05, 3.63) is 17.0 Å².